The highest BCUT2D eigenvalue weighted by molar-refractivity contribution is 5.71. The summed E-state index contributed by atoms with van der Waals surface area (Å²) in [5.74, 6) is -0.344. The number of pyridine rings is 1. The van der Waals surface area contributed by atoms with E-state index in [4.69, 9.17) is 5.73 Å². The first-order valence-corrected chi connectivity index (χ1v) is 6.80. The number of rotatable bonds is 3. The van der Waals surface area contributed by atoms with Crippen molar-refractivity contribution < 1.29 is 4.39 Å². The third-order valence-electron chi connectivity index (χ3n) is 3.47. The largest absolute Gasteiger partial charge is 0.325 e. The molecular formula is C16H15FN4O. The molecular weight excluding hydrogens is 283 g/mol. The minimum absolute atomic E-state index is 0.199. The van der Waals surface area contributed by atoms with Gasteiger partial charge in [0, 0.05) is 36.6 Å². The Labute approximate surface area is 126 Å². The van der Waals surface area contributed by atoms with Crippen LogP contribution in [-0.4, -0.2) is 14.8 Å². The lowest BCUT2D eigenvalue weighted by molar-refractivity contribution is 0.628. The first kappa shape index (κ1) is 14.2. The number of aromatic nitrogens is 3. The molecule has 3 N–H and O–H groups in total. The molecule has 0 aliphatic rings. The van der Waals surface area contributed by atoms with Gasteiger partial charge in [-0.05, 0) is 29.8 Å². The summed E-state index contributed by atoms with van der Waals surface area (Å²) < 4.78 is 14.7. The van der Waals surface area contributed by atoms with Gasteiger partial charge in [0.05, 0.1) is 5.69 Å². The standard InChI is InChI=1S/C16H15FN4O/c1-21-7-6-14(20-21)13-8-12(16(22)19-15(13)9-18)10-2-4-11(17)5-3-10/h2-8H,9,18H2,1H3,(H,19,22). The zero-order valence-electron chi connectivity index (χ0n) is 12.0. The first-order valence-electron chi connectivity index (χ1n) is 6.80. The molecule has 112 valence electrons. The number of aryl methyl sites for hydroxylation is 1. The van der Waals surface area contributed by atoms with Crippen LogP contribution in [0.3, 0.4) is 0 Å². The molecule has 0 saturated carbocycles. The summed E-state index contributed by atoms with van der Waals surface area (Å²) in [6.45, 7) is 0.199. The Balaban J connectivity index is 2.20. The van der Waals surface area contributed by atoms with Crippen LogP contribution in [0, 0.1) is 5.82 Å². The second kappa shape index (κ2) is 5.57. The minimum Gasteiger partial charge on any atom is -0.325 e. The van der Waals surface area contributed by atoms with Crippen molar-refractivity contribution in [2.75, 3.05) is 0 Å². The molecule has 3 rings (SSSR count). The van der Waals surface area contributed by atoms with Gasteiger partial charge in [-0.1, -0.05) is 12.1 Å². The summed E-state index contributed by atoms with van der Waals surface area (Å²) in [5, 5.41) is 4.35. The van der Waals surface area contributed by atoms with Crippen LogP contribution in [0.1, 0.15) is 5.69 Å². The van der Waals surface area contributed by atoms with Crippen LogP contribution in [0.15, 0.2) is 47.4 Å². The highest BCUT2D eigenvalue weighted by atomic mass is 19.1. The number of hydrogen-bond acceptors (Lipinski definition) is 3. The minimum atomic E-state index is -0.344. The summed E-state index contributed by atoms with van der Waals surface area (Å²) in [6.07, 6.45) is 1.82. The Morgan fingerprint density at radius 2 is 1.95 bits per heavy atom. The molecule has 5 nitrogen and oxygen atoms in total. The number of benzene rings is 1. The highest BCUT2D eigenvalue weighted by Crippen LogP contribution is 2.24. The smallest absolute Gasteiger partial charge is 0.256 e. The molecule has 0 saturated heterocycles. The average Bonchev–Trinajstić information content (AvgIpc) is 2.94. The predicted octanol–water partition coefficient (Wildman–Crippen LogP) is 2.04. The van der Waals surface area contributed by atoms with Crippen LogP contribution in [0.2, 0.25) is 0 Å². The van der Waals surface area contributed by atoms with Crippen molar-refractivity contribution in [2.45, 2.75) is 6.54 Å². The van der Waals surface area contributed by atoms with Gasteiger partial charge in [0.25, 0.3) is 5.56 Å². The number of nitrogens with two attached hydrogens (primary N) is 1. The Kier molecular flexibility index (Phi) is 3.60. The van der Waals surface area contributed by atoms with Crippen LogP contribution in [-0.2, 0) is 13.6 Å². The van der Waals surface area contributed by atoms with E-state index in [1.54, 1.807) is 22.9 Å². The van der Waals surface area contributed by atoms with Crippen molar-refractivity contribution in [3.8, 4) is 22.4 Å². The quantitative estimate of drug-likeness (QED) is 0.777. The monoisotopic (exact) mass is 298 g/mol. The maximum atomic E-state index is 13.1. The summed E-state index contributed by atoms with van der Waals surface area (Å²) >= 11 is 0. The maximum Gasteiger partial charge on any atom is 0.256 e. The predicted molar refractivity (Wildman–Crippen MR) is 82.6 cm³/mol. The molecule has 2 heterocycles. The molecule has 0 bridgehead atoms. The number of H-pyrrole nitrogens is 1. The molecule has 3 aromatic rings. The molecule has 6 heteroatoms. The molecule has 2 aromatic heterocycles. The average molecular weight is 298 g/mol. The van der Waals surface area contributed by atoms with Crippen molar-refractivity contribution >= 4 is 0 Å². The number of halogens is 1. The summed E-state index contributed by atoms with van der Waals surface area (Å²) in [4.78, 5) is 15.0. The van der Waals surface area contributed by atoms with E-state index >= 15 is 0 Å². The number of nitrogens with one attached hydrogen (secondary N) is 1. The third kappa shape index (κ3) is 2.56. The van der Waals surface area contributed by atoms with Gasteiger partial charge in [-0.15, -0.1) is 0 Å². The SMILES string of the molecule is Cn1ccc(-c2cc(-c3ccc(F)cc3)c(=O)[nH]c2CN)n1. The van der Waals surface area contributed by atoms with Crippen molar-refractivity contribution in [1.82, 2.24) is 14.8 Å². The molecule has 1 aromatic carbocycles. The van der Waals surface area contributed by atoms with Crippen molar-refractivity contribution in [1.29, 1.82) is 0 Å². The fourth-order valence-corrected chi connectivity index (χ4v) is 2.36. The van der Waals surface area contributed by atoms with Crippen LogP contribution in [0.4, 0.5) is 4.39 Å². The van der Waals surface area contributed by atoms with Gasteiger partial charge < -0.3 is 10.7 Å². The van der Waals surface area contributed by atoms with E-state index in [9.17, 15) is 9.18 Å². The van der Waals surface area contributed by atoms with E-state index in [-0.39, 0.29) is 17.9 Å². The second-order valence-electron chi connectivity index (χ2n) is 4.99. The van der Waals surface area contributed by atoms with E-state index in [1.165, 1.54) is 12.1 Å². The fraction of sp³-hybridized carbons (Fsp3) is 0.125. The zero-order valence-corrected chi connectivity index (χ0v) is 12.0. The molecule has 0 aliphatic carbocycles. The van der Waals surface area contributed by atoms with Gasteiger partial charge in [-0.2, -0.15) is 5.10 Å². The third-order valence-corrected chi connectivity index (χ3v) is 3.47. The van der Waals surface area contributed by atoms with Gasteiger partial charge >= 0.3 is 0 Å². The summed E-state index contributed by atoms with van der Waals surface area (Å²) in [7, 11) is 1.82. The van der Waals surface area contributed by atoms with E-state index < -0.39 is 0 Å². The van der Waals surface area contributed by atoms with E-state index in [1.807, 2.05) is 19.3 Å². The topological polar surface area (TPSA) is 76.7 Å². The van der Waals surface area contributed by atoms with Gasteiger partial charge in [0.2, 0.25) is 0 Å². The van der Waals surface area contributed by atoms with Gasteiger partial charge in [0.1, 0.15) is 5.82 Å². The molecule has 0 atom stereocenters. The Morgan fingerprint density at radius 3 is 2.55 bits per heavy atom. The van der Waals surface area contributed by atoms with E-state index in [2.05, 4.69) is 10.1 Å². The van der Waals surface area contributed by atoms with Gasteiger partial charge in [-0.25, -0.2) is 4.39 Å². The lowest BCUT2D eigenvalue weighted by Crippen LogP contribution is -2.15. The van der Waals surface area contributed by atoms with E-state index in [0.717, 1.165) is 11.3 Å². The number of hydrogen-bond donors (Lipinski definition) is 2. The summed E-state index contributed by atoms with van der Waals surface area (Å²) in [5.41, 5.74) is 8.67. The zero-order chi connectivity index (χ0) is 15.7. The number of nitrogens with zero attached hydrogens (tertiary/aromatic N) is 2. The Hall–Kier alpha value is -2.73. The van der Waals surface area contributed by atoms with Crippen LogP contribution in [0.25, 0.3) is 22.4 Å². The molecule has 0 fully saturated rings. The highest BCUT2D eigenvalue weighted by Gasteiger charge is 2.13. The Morgan fingerprint density at radius 1 is 1.23 bits per heavy atom. The fourth-order valence-electron chi connectivity index (χ4n) is 2.36. The van der Waals surface area contributed by atoms with Gasteiger partial charge in [0.15, 0.2) is 0 Å². The molecule has 0 unspecified atom stereocenters. The molecule has 0 aliphatic heterocycles. The van der Waals surface area contributed by atoms with Gasteiger partial charge in [-0.3, -0.25) is 9.48 Å². The lowest BCUT2D eigenvalue weighted by atomic mass is 10.0. The van der Waals surface area contributed by atoms with Crippen molar-refractivity contribution in [3.05, 3.63) is 64.5 Å². The summed E-state index contributed by atoms with van der Waals surface area (Å²) in [6, 6.07) is 9.39. The Bertz CT molecular complexity index is 865. The second-order valence-corrected chi connectivity index (χ2v) is 4.99. The lowest BCUT2D eigenvalue weighted by Gasteiger charge is -2.09. The van der Waals surface area contributed by atoms with Crippen LogP contribution < -0.4 is 11.3 Å². The number of aromatic amines is 1. The van der Waals surface area contributed by atoms with Crippen LogP contribution in [0.5, 0.6) is 0 Å². The maximum absolute atomic E-state index is 13.1. The van der Waals surface area contributed by atoms with Crippen LogP contribution >= 0.6 is 0 Å². The van der Waals surface area contributed by atoms with Crippen molar-refractivity contribution in [2.24, 2.45) is 12.8 Å². The first-order chi connectivity index (χ1) is 10.6. The molecule has 0 spiro atoms. The van der Waals surface area contributed by atoms with Crippen molar-refractivity contribution in [3.63, 3.8) is 0 Å². The van der Waals surface area contributed by atoms with E-state index in [0.29, 0.717) is 16.8 Å². The molecule has 0 radical (unpaired) electrons. The molecule has 22 heavy (non-hydrogen) atoms. The molecule has 0 amide bonds. The normalized spacial score (nSPS) is 10.9.